The average Bonchev–Trinajstić information content (AvgIpc) is 2.40. The zero-order valence-electron chi connectivity index (χ0n) is 11.9. The Labute approximate surface area is 115 Å². The third-order valence-electron chi connectivity index (χ3n) is 3.99. The molecule has 1 amide bonds. The zero-order valence-corrected chi connectivity index (χ0v) is 11.9. The molecule has 2 rings (SSSR count). The smallest absolute Gasteiger partial charge is 0.220 e. The number of benzene rings is 1. The molecule has 0 saturated carbocycles. The first-order valence-electron chi connectivity index (χ1n) is 7.24. The fourth-order valence-corrected chi connectivity index (χ4v) is 2.66. The molecule has 1 fully saturated rings. The number of carbonyl (C=O) groups is 1. The number of nitrogens with one attached hydrogen (secondary N) is 2. The molecule has 0 bridgehead atoms. The van der Waals surface area contributed by atoms with Crippen molar-refractivity contribution < 1.29 is 4.79 Å². The lowest BCUT2D eigenvalue weighted by Crippen LogP contribution is -2.51. The molecule has 1 saturated heterocycles. The van der Waals surface area contributed by atoms with Crippen molar-refractivity contribution in [2.24, 2.45) is 0 Å². The standard InChI is InChI=1S/C16H24N2O/c1-12-6-3-4-7-14(12)9-10-16(19)18-15-8-5-11-17-13(15)2/h3-4,6-7,13,15,17H,5,8-11H2,1-2H3,(H,18,19)/t13-,15-/m1/s1. The highest BCUT2D eigenvalue weighted by atomic mass is 16.1. The molecule has 104 valence electrons. The van der Waals surface area contributed by atoms with Crippen molar-refractivity contribution in [1.82, 2.24) is 10.6 Å². The zero-order chi connectivity index (χ0) is 13.7. The van der Waals surface area contributed by atoms with Crippen LogP contribution in [0.3, 0.4) is 0 Å². The first kappa shape index (κ1) is 14.1. The molecule has 1 heterocycles. The van der Waals surface area contributed by atoms with Gasteiger partial charge in [-0.15, -0.1) is 0 Å². The minimum atomic E-state index is 0.170. The van der Waals surface area contributed by atoms with Crippen molar-refractivity contribution >= 4 is 5.91 Å². The van der Waals surface area contributed by atoms with Crippen LogP contribution in [0.15, 0.2) is 24.3 Å². The number of rotatable bonds is 4. The summed E-state index contributed by atoms with van der Waals surface area (Å²) in [4.78, 5) is 12.0. The molecule has 0 radical (unpaired) electrons. The summed E-state index contributed by atoms with van der Waals surface area (Å²) >= 11 is 0. The maximum absolute atomic E-state index is 12.0. The van der Waals surface area contributed by atoms with E-state index in [0.717, 1.165) is 25.8 Å². The minimum Gasteiger partial charge on any atom is -0.352 e. The molecule has 0 aromatic heterocycles. The molecule has 19 heavy (non-hydrogen) atoms. The topological polar surface area (TPSA) is 41.1 Å². The van der Waals surface area contributed by atoms with Gasteiger partial charge >= 0.3 is 0 Å². The summed E-state index contributed by atoms with van der Waals surface area (Å²) < 4.78 is 0. The van der Waals surface area contributed by atoms with Gasteiger partial charge in [-0.2, -0.15) is 0 Å². The largest absolute Gasteiger partial charge is 0.352 e. The van der Waals surface area contributed by atoms with Crippen molar-refractivity contribution in [1.29, 1.82) is 0 Å². The molecular weight excluding hydrogens is 236 g/mol. The van der Waals surface area contributed by atoms with Gasteiger partial charge in [-0.25, -0.2) is 0 Å². The third kappa shape index (κ3) is 4.06. The summed E-state index contributed by atoms with van der Waals surface area (Å²) in [5, 5.41) is 6.56. The molecule has 1 aromatic rings. The van der Waals surface area contributed by atoms with Crippen LogP contribution < -0.4 is 10.6 Å². The van der Waals surface area contributed by atoms with Gasteiger partial charge in [0.05, 0.1) is 0 Å². The molecule has 0 spiro atoms. The minimum absolute atomic E-state index is 0.170. The molecule has 3 heteroatoms. The van der Waals surface area contributed by atoms with Crippen LogP contribution in [0.1, 0.15) is 37.3 Å². The lowest BCUT2D eigenvalue weighted by Gasteiger charge is -2.30. The van der Waals surface area contributed by atoms with E-state index in [9.17, 15) is 4.79 Å². The molecule has 0 aliphatic carbocycles. The van der Waals surface area contributed by atoms with Gasteiger partial charge in [0, 0.05) is 18.5 Å². The number of piperidine rings is 1. The van der Waals surface area contributed by atoms with E-state index >= 15 is 0 Å². The van der Waals surface area contributed by atoms with Crippen LogP contribution in [0.2, 0.25) is 0 Å². The van der Waals surface area contributed by atoms with Crippen molar-refractivity contribution in [3.05, 3.63) is 35.4 Å². The predicted molar refractivity (Wildman–Crippen MR) is 78.1 cm³/mol. The Morgan fingerprint density at radius 1 is 1.42 bits per heavy atom. The molecule has 2 N–H and O–H groups in total. The van der Waals surface area contributed by atoms with E-state index in [4.69, 9.17) is 0 Å². The summed E-state index contributed by atoms with van der Waals surface area (Å²) in [6.07, 6.45) is 3.64. The maximum atomic E-state index is 12.0. The number of hydrogen-bond donors (Lipinski definition) is 2. The van der Waals surface area contributed by atoms with E-state index in [-0.39, 0.29) is 11.9 Å². The van der Waals surface area contributed by atoms with Crippen molar-refractivity contribution in [2.45, 2.75) is 51.6 Å². The maximum Gasteiger partial charge on any atom is 0.220 e. The van der Waals surface area contributed by atoms with Gasteiger partial charge in [-0.05, 0) is 50.8 Å². The van der Waals surface area contributed by atoms with Gasteiger partial charge in [0.2, 0.25) is 5.91 Å². The van der Waals surface area contributed by atoms with Gasteiger partial charge in [-0.1, -0.05) is 24.3 Å². The number of carbonyl (C=O) groups excluding carboxylic acids is 1. The molecule has 1 aliphatic heterocycles. The molecule has 1 aliphatic rings. The van der Waals surface area contributed by atoms with Gasteiger partial charge in [0.15, 0.2) is 0 Å². The van der Waals surface area contributed by atoms with E-state index in [2.05, 4.69) is 36.6 Å². The van der Waals surface area contributed by atoms with Crippen molar-refractivity contribution in [3.63, 3.8) is 0 Å². The predicted octanol–water partition coefficient (Wildman–Crippen LogP) is 2.18. The second-order valence-electron chi connectivity index (χ2n) is 5.49. The van der Waals surface area contributed by atoms with Gasteiger partial charge in [0.25, 0.3) is 0 Å². The van der Waals surface area contributed by atoms with Crippen LogP contribution in [-0.4, -0.2) is 24.5 Å². The second kappa shape index (κ2) is 6.71. The summed E-state index contributed by atoms with van der Waals surface area (Å²) in [7, 11) is 0. The fraction of sp³-hybridized carbons (Fsp3) is 0.562. The Balaban J connectivity index is 1.80. The van der Waals surface area contributed by atoms with E-state index in [0.29, 0.717) is 12.5 Å². The van der Waals surface area contributed by atoms with Crippen LogP contribution in [0.5, 0.6) is 0 Å². The molecule has 3 nitrogen and oxygen atoms in total. The number of hydrogen-bond acceptors (Lipinski definition) is 2. The number of amides is 1. The van der Waals surface area contributed by atoms with Crippen LogP contribution in [0.25, 0.3) is 0 Å². The van der Waals surface area contributed by atoms with Crippen molar-refractivity contribution in [2.75, 3.05) is 6.54 Å². The first-order valence-corrected chi connectivity index (χ1v) is 7.24. The third-order valence-corrected chi connectivity index (χ3v) is 3.99. The van der Waals surface area contributed by atoms with Gasteiger partial charge in [-0.3, -0.25) is 4.79 Å². The monoisotopic (exact) mass is 260 g/mol. The number of aryl methyl sites for hydroxylation is 2. The van der Waals surface area contributed by atoms with E-state index in [1.54, 1.807) is 0 Å². The quantitative estimate of drug-likeness (QED) is 0.871. The van der Waals surface area contributed by atoms with E-state index < -0.39 is 0 Å². The molecule has 0 unspecified atom stereocenters. The summed E-state index contributed by atoms with van der Waals surface area (Å²) in [6.45, 7) is 5.31. The molecular formula is C16H24N2O. The summed E-state index contributed by atoms with van der Waals surface area (Å²) in [6, 6.07) is 8.95. The van der Waals surface area contributed by atoms with E-state index in [1.807, 2.05) is 12.1 Å². The van der Waals surface area contributed by atoms with Crippen LogP contribution in [0, 0.1) is 6.92 Å². The first-order chi connectivity index (χ1) is 9.16. The highest BCUT2D eigenvalue weighted by Gasteiger charge is 2.21. The van der Waals surface area contributed by atoms with Gasteiger partial charge < -0.3 is 10.6 Å². The molecule has 2 atom stereocenters. The lowest BCUT2D eigenvalue weighted by atomic mass is 9.99. The highest BCUT2D eigenvalue weighted by molar-refractivity contribution is 5.76. The second-order valence-corrected chi connectivity index (χ2v) is 5.49. The summed E-state index contributed by atoms with van der Waals surface area (Å²) in [5.74, 6) is 0.170. The van der Waals surface area contributed by atoms with Crippen molar-refractivity contribution in [3.8, 4) is 0 Å². The van der Waals surface area contributed by atoms with Crippen LogP contribution in [-0.2, 0) is 11.2 Å². The Kier molecular flexibility index (Phi) is 4.97. The molecule has 1 aromatic carbocycles. The SMILES string of the molecule is Cc1ccccc1CCC(=O)N[C@@H]1CCCN[C@@H]1C. The normalized spacial score (nSPS) is 23.1. The Morgan fingerprint density at radius 2 is 2.21 bits per heavy atom. The Morgan fingerprint density at radius 3 is 2.95 bits per heavy atom. The van der Waals surface area contributed by atoms with E-state index in [1.165, 1.54) is 11.1 Å². The highest BCUT2D eigenvalue weighted by Crippen LogP contribution is 2.11. The fourth-order valence-electron chi connectivity index (χ4n) is 2.66. The Bertz CT molecular complexity index is 431. The lowest BCUT2D eigenvalue weighted by molar-refractivity contribution is -0.122. The summed E-state index contributed by atoms with van der Waals surface area (Å²) in [5.41, 5.74) is 2.54. The van der Waals surface area contributed by atoms with Gasteiger partial charge in [0.1, 0.15) is 0 Å². The van der Waals surface area contributed by atoms with Crippen LogP contribution >= 0.6 is 0 Å². The van der Waals surface area contributed by atoms with Crippen LogP contribution in [0.4, 0.5) is 0 Å². The Hall–Kier alpha value is -1.35. The average molecular weight is 260 g/mol.